The Morgan fingerprint density at radius 3 is 2.70 bits per heavy atom. The molecule has 1 rings (SSSR count). The highest BCUT2D eigenvalue weighted by Crippen LogP contribution is 2.23. The summed E-state index contributed by atoms with van der Waals surface area (Å²) in [6.07, 6.45) is -2.77. The fourth-order valence-corrected chi connectivity index (χ4v) is 2.18. The van der Waals surface area contributed by atoms with Crippen LogP contribution in [0.15, 0.2) is 10.7 Å². The lowest BCUT2D eigenvalue weighted by molar-refractivity contribution is -0.175. The van der Waals surface area contributed by atoms with Crippen LogP contribution in [0.2, 0.25) is 0 Å². The molecule has 1 heterocycles. The van der Waals surface area contributed by atoms with Gasteiger partial charge >= 0.3 is 6.18 Å². The summed E-state index contributed by atoms with van der Waals surface area (Å²) in [5.41, 5.74) is 6.51. The SMILES string of the molecule is CN(C)CCn1ncc(Br)c1C(N)COCC(F)(F)F. The summed E-state index contributed by atoms with van der Waals surface area (Å²) in [5, 5.41) is 4.15. The number of nitrogens with zero attached hydrogens (tertiary/aromatic N) is 3. The number of likely N-dealkylation sites (N-methyl/N-ethyl adjacent to an activating group) is 1. The Balaban J connectivity index is 2.62. The third-order valence-electron chi connectivity index (χ3n) is 2.51. The molecule has 116 valence electrons. The van der Waals surface area contributed by atoms with Gasteiger partial charge in [-0.3, -0.25) is 4.68 Å². The van der Waals surface area contributed by atoms with Gasteiger partial charge in [-0.15, -0.1) is 0 Å². The lowest BCUT2D eigenvalue weighted by Crippen LogP contribution is -2.27. The van der Waals surface area contributed by atoms with Gasteiger partial charge in [0.05, 0.1) is 35.6 Å². The zero-order valence-corrected chi connectivity index (χ0v) is 12.9. The summed E-state index contributed by atoms with van der Waals surface area (Å²) in [5.74, 6) is 0. The fraction of sp³-hybridized carbons (Fsp3) is 0.727. The van der Waals surface area contributed by atoms with Crippen molar-refractivity contribution in [2.45, 2.75) is 18.8 Å². The molecule has 0 aliphatic heterocycles. The van der Waals surface area contributed by atoms with Crippen molar-refractivity contribution in [1.29, 1.82) is 0 Å². The number of halogens is 4. The van der Waals surface area contributed by atoms with E-state index in [-0.39, 0.29) is 6.61 Å². The van der Waals surface area contributed by atoms with Crippen LogP contribution in [0.5, 0.6) is 0 Å². The summed E-state index contributed by atoms with van der Waals surface area (Å²) in [7, 11) is 3.84. The second-order valence-electron chi connectivity index (χ2n) is 4.64. The van der Waals surface area contributed by atoms with Crippen molar-refractivity contribution < 1.29 is 17.9 Å². The highest BCUT2D eigenvalue weighted by Gasteiger charge is 2.28. The molecule has 0 saturated heterocycles. The molecule has 0 spiro atoms. The smallest absolute Gasteiger partial charge is 0.370 e. The first-order valence-corrected chi connectivity index (χ1v) is 6.76. The predicted molar refractivity (Wildman–Crippen MR) is 72.3 cm³/mol. The second-order valence-corrected chi connectivity index (χ2v) is 5.50. The molecule has 2 N–H and O–H groups in total. The van der Waals surface area contributed by atoms with Crippen LogP contribution in [0.4, 0.5) is 13.2 Å². The first kappa shape index (κ1) is 17.4. The van der Waals surface area contributed by atoms with Gasteiger partial charge in [0.15, 0.2) is 0 Å². The van der Waals surface area contributed by atoms with Crippen LogP contribution in [0.3, 0.4) is 0 Å². The van der Waals surface area contributed by atoms with Crippen LogP contribution in [-0.4, -0.2) is 54.7 Å². The van der Waals surface area contributed by atoms with Gasteiger partial charge in [-0.1, -0.05) is 0 Å². The molecule has 1 aromatic heterocycles. The normalized spacial score (nSPS) is 14.0. The van der Waals surface area contributed by atoms with E-state index in [1.807, 2.05) is 19.0 Å². The molecule has 20 heavy (non-hydrogen) atoms. The van der Waals surface area contributed by atoms with Gasteiger partial charge in [0.2, 0.25) is 0 Å². The van der Waals surface area contributed by atoms with Crippen molar-refractivity contribution >= 4 is 15.9 Å². The lowest BCUT2D eigenvalue weighted by Gasteiger charge is -2.17. The van der Waals surface area contributed by atoms with E-state index in [2.05, 4.69) is 25.8 Å². The quantitative estimate of drug-likeness (QED) is 0.807. The summed E-state index contributed by atoms with van der Waals surface area (Å²) in [6.45, 7) is -0.173. The number of nitrogens with two attached hydrogens (primary N) is 1. The summed E-state index contributed by atoms with van der Waals surface area (Å²) in [6, 6.07) is -0.670. The standard InChI is InChI=1S/C11H18BrF3N4O/c1-18(2)3-4-19-10(8(12)5-17-19)9(16)6-20-7-11(13,14)15/h5,9H,3-4,6-7,16H2,1-2H3. The Hall–Kier alpha value is -0.640. The number of alkyl halides is 3. The molecule has 5 nitrogen and oxygen atoms in total. The van der Waals surface area contributed by atoms with Gasteiger partial charge in [0, 0.05) is 6.54 Å². The molecule has 0 fully saturated rings. The van der Waals surface area contributed by atoms with Crippen LogP contribution in [0.25, 0.3) is 0 Å². The highest BCUT2D eigenvalue weighted by atomic mass is 79.9. The van der Waals surface area contributed by atoms with Crippen LogP contribution in [-0.2, 0) is 11.3 Å². The van der Waals surface area contributed by atoms with Crippen LogP contribution < -0.4 is 5.73 Å². The monoisotopic (exact) mass is 358 g/mol. The van der Waals surface area contributed by atoms with E-state index in [9.17, 15) is 13.2 Å². The molecular weight excluding hydrogens is 341 g/mol. The number of ether oxygens (including phenoxy) is 1. The van der Waals surface area contributed by atoms with Crippen LogP contribution in [0, 0.1) is 0 Å². The van der Waals surface area contributed by atoms with Gasteiger partial charge in [0.1, 0.15) is 6.61 Å². The highest BCUT2D eigenvalue weighted by molar-refractivity contribution is 9.10. The van der Waals surface area contributed by atoms with Crippen molar-refractivity contribution in [3.05, 3.63) is 16.4 Å². The molecule has 0 bridgehead atoms. The summed E-state index contributed by atoms with van der Waals surface area (Å²) >= 11 is 3.30. The fourth-order valence-electron chi connectivity index (χ4n) is 1.59. The zero-order valence-electron chi connectivity index (χ0n) is 11.3. The first-order chi connectivity index (χ1) is 9.20. The van der Waals surface area contributed by atoms with Gasteiger partial charge in [-0.25, -0.2) is 0 Å². The molecule has 1 atom stereocenters. The van der Waals surface area contributed by atoms with Crippen molar-refractivity contribution in [2.75, 3.05) is 33.9 Å². The van der Waals surface area contributed by atoms with Crippen molar-refractivity contribution in [3.63, 3.8) is 0 Å². The number of hydrogen-bond donors (Lipinski definition) is 1. The molecule has 1 unspecified atom stereocenters. The minimum atomic E-state index is -4.35. The van der Waals surface area contributed by atoms with E-state index in [1.54, 1.807) is 10.9 Å². The second kappa shape index (κ2) is 7.39. The Labute approximate surface area is 124 Å². The van der Waals surface area contributed by atoms with E-state index in [1.165, 1.54) is 0 Å². The molecule has 0 aliphatic rings. The third kappa shape index (κ3) is 5.78. The lowest BCUT2D eigenvalue weighted by atomic mass is 10.2. The van der Waals surface area contributed by atoms with Crippen molar-refractivity contribution in [1.82, 2.24) is 14.7 Å². The Kier molecular flexibility index (Phi) is 6.44. The minimum Gasteiger partial charge on any atom is -0.370 e. The van der Waals surface area contributed by atoms with E-state index in [4.69, 9.17) is 5.73 Å². The topological polar surface area (TPSA) is 56.3 Å². The van der Waals surface area contributed by atoms with Crippen molar-refractivity contribution in [3.8, 4) is 0 Å². The minimum absolute atomic E-state index is 0.217. The largest absolute Gasteiger partial charge is 0.411 e. The van der Waals surface area contributed by atoms with Crippen LogP contribution >= 0.6 is 15.9 Å². The maximum absolute atomic E-state index is 12.0. The number of rotatable bonds is 7. The first-order valence-electron chi connectivity index (χ1n) is 5.96. The number of hydrogen-bond acceptors (Lipinski definition) is 4. The maximum atomic E-state index is 12.0. The molecular formula is C11H18BrF3N4O. The van der Waals surface area contributed by atoms with Gasteiger partial charge in [-0.05, 0) is 30.0 Å². The zero-order chi connectivity index (χ0) is 15.3. The molecule has 0 radical (unpaired) electrons. The summed E-state index contributed by atoms with van der Waals surface area (Å²) in [4.78, 5) is 1.98. The Morgan fingerprint density at radius 1 is 1.50 bits per heavy atom. The van der Waals surface area contributed by atoms with Gasteiger partial charge in [-0.2, -0.15) is 18.3 Å². The predicted octanol–water partition coefficient (Wildman–Crippen LogP) is 1.79. The van der Waals surface area contributed by atoms with E-state index < -0.39 is 18.8 Å². The Morgan fingerprint density at radius 2 is 2.15 bits per heavy atom. The molecule has 9 heteroatoms. The third-order valence-corrected chi connectivity index (χ3v) is 3.12. The average Bonchev–Trinajstić information content (AvgIpc) is 2.66. The van der Waals surface area contributed by atoms with Gasteiger partial charge in [0.25, 0.3) is 0 Å². The van der Waals surface area contributed by atoms with Crippen LogP contribution in [0.1, 0.15) is 11.7 Å². The van der Waals surface area contributed by atoms with Crippen molar-refractivity contribution in [2.24, 2.45) is 5.73 Å². The molecule has 0 saturated carbocycles. The molecule has 0 amide bonds. The maximum Gasteiger partial charge on any atom is 0.411 e. The summed E-state index contributed by atoms with van der Waals surface area (Å²) < 4.78 is 43.0. The average molecular weight is 359 g/mol. The van der Waals surface area contributed by atoms with E-state index in [0.717, 1.165) is 6.54 Å². The number of aromatic nitrogens is 2. The van der Waals surface area contributed by atoms with E-state index >= 15 is 0 Å². The molecule has 1 aromatic rings. The van der Waals surface area contributed by atoms with E-state index in [0.29, 0.717) is 16.7 Å². The Bertz CT molecular complexity index is 422. The molecule has 0 aromatic carbocycles. The molecule has 0 aliphatic carbocycles. The van der Waals surface area contributed by atoms with Gasteiger partial charge < -0.3 is 15.4 Å².